The van der Waals surface area contributed by atoms with Crippen LogP contribution in [-0.4, -0.2) is 29.9 Å². The summed E-state index contributed by atoms with van der Waals surface area (Å²) >= 11 is 0. The zero-order chi connectivity index (χ0) is 17.1. The summed E-state index contributed by atoms with van der Waals surface area (Å²) in [5, 5.41) is 3.37. The molecule has 1 saturated heterocycles. The van der Waals surface area contributed by atoms with Gasteiger partial charge in [-0.25, -0.2) is 0 Å². The number of benzene rings is 1. The van der Waals surface area contributed by atoms with Gasteiger partial charge < -0.3 is 5.32 Å². The van der Waals surface area contributed by atoms with E-state index in [-0.39, 0.29) is 5.92 Å². The van der Waals surface area contributed by atoms with Gasteiger partial charge >= 0.3 is 0 Å². The number of nitrogens with one attached hydrogen (secondary N) is 1. The summed E-state index contributed by atoms with van der Waals surface area (Å²) in [5.74, 6) is 0.505. The van der Waals surface area contributed by atoms with Crippen LogP contribution in [-0.2, 0) is 11.2 Å². The first-order valence-electron chi connectivity index (χ1n) is 10.4. The summed E-state index contributed by atoms with van der Waals surface area (Å²) < 4.78 is 0. The fraction of sp³-hybridized carbons (Fsp3) is 0.682. The van der Waals surface area contributed by atoms with E-state index in [2.05, 4.69) is 34.5 Å². The summed E-state index contributed by atoms with van der Waals surface area (Å²) in [4.78, 5) is 15.4. The predicted octanol–water partition coefficient (Wildman–Crippen LogP) is 4.22. The quantitative estimate of drug-likeness (QED) is 0.893. The largest absolute Gasteiger partial charge is 0.353 e. The van der Waals surface area contributed by atoms with Gasteiger partial charge in [-0.15, -0.1) is 0 Å². The number of piperidine rings is 1. The van der Waals surface area contributed by atoms with Crippen molar-refractivity contribution < 1.29 is 4.79 Å². The van der Waals surface area contributed by atoms with Gasteiger partial charge in [0.1, 0.15) is 0 Å². The molecule has 1 aromatic rings. The highest BCUT2D eigenvalue weighted by molar-refractivity contribution is 5.79. The molecule has 1 aromatic carbocycles. The number of likely N-dealkylation sites (tertiary alicyclic amines) is 1. The van der Waals surface area contributed by atoms with Crippen LogP contribution in [0.4, 0.5) is 0 Å². The van der Waals surface area contributed by atoms with Crippen molar-refractivity contribution >= 4 is 5.91 Å². The Morgan fingerprint density at radius 3 is 2.68 bits per heavy atom. The number of rotatable bonds is 3. The summed E-state index contributed by atoms with van der Waals surface area (Å²) in [6, 6.07) is 9.90. The lowest BCUT2D eigenvalue weighted by Crippen LogP contribution is -2.47. The van der Waals surface area contributed by atoms with Gasteiger partial charge in [0.05, 0.1) is 5.92 Å². The first-order valence-corrected chi connectivity index (χ1v) is 10.4. The molecule has 1 saturated carbocycles. The molecule has 0 spiro atoms. The molecule has 2 fully saturated rings. The molecule has 0 aromatic heterocycles. The molecule has 4 rings (SSSR count). The Morgan fingerprint density at radius 2 is 1.80 bits per heavy atom. The van der Waals surface area contributed by atoms with Crippen molar-refractivity contribution in [2.75, 3.05) is 13.1 Å². The predicted molar refractivity (Wildman–Crippen MR) is 101 cm³/mol. The number of aryl methyl sites for hydroxylation is 1. The van der Waals surface area contributed by atoms with Gasteiger partial charge in [-0.2, -0.15) is 0 Å². The van der Waals surface area contributed by atoms with Crippen LogP contribution in [0.3, 0.4) is 0 Å². The third-order valence-electron chi connectivity index (χ3n) is 6.55. The Bertz CT molecular complexity index is 593. The van der Waals surface area contributed by atoms with E-state index in [1.165, 1.54) is 62.5 Å². The number of nitrogens with zero attached hydrogens (tertiary/aromatic N) is 1. The van der Waals surface area contributed by atoms with Gasteiger partial charge in [-0.1, -0.05) is 43.5 Å². The Labute approximate surface area is 152 Å². The molecule has 2 aliphatic carbocycles. The average Bonchev–Trinajstić information content (AvgIpc) is 2.68. The molecule has 1 aliphatic heterocycles. The molecule has 1 heterocycles. The zero-order valence-corrected chi connectivity index (χ0v) is 15.4. The number of fused-ring (bicyclic) bond motifs is 1. The Kier molecular flexibility index (Phi) is 5.40. The molecular formula is C22H32N2O. The van der Waals surface area contributed by atoms with E-state index in [0.717, 1.165) is 25.9 Å². The highest BCUT2D eigenvalue weighted by Gasteiger charge is 2.33. The smallest absolute Gasteiger partial charge is 0.224 e. The van der Waals surface area contributed by atoms with Crippen LogP contribution in [0.1, 0.15) is 75.0 Å². The minimum Gasteiger partial charge on any atom is -0.353 e. The third-order valence-corrected chi connectivity index (χ3v) is 6.55. The highest BCUT2D eigenvalue weighted by Crippen LogP contribution is 2.36. The van der Waals surface area contributed by atoms with E-state index < -0.39 is 0 Å². The summed E-state index contributed by atoms with van der Waals surface area (Å²) in [6.45, 7) is 2.09. The number of hydrogen-bond acceptors (Lipinski definition) is 2. The van der Waals surface area contributed by atoms with Gasteiger partial charge in [-0.05, 0) is 62.6 Å². The van der Waals surface area contributed by atoms with Crippen molar-refractivity contribution in [1.29, 1.82) is 0 Å². The van der Waals surface area contributed by atoms with Crippen LogP contribution in [0.5, 0.6) is 0 Å². The molecule has 25 heavy (non-hydrogen) atoms. The number of hydrogen-bond donors (Lipinski definition) is 1. The number of amides is 1. The standard InChI is InChI=1S/C22H32N2O/c25-22(23-19-11-2-1-3-12-19)18-10-7-15-24(16-18)21-14-6-9-17-8-4-5-13-20(17)21/h4-5,8,13,18-19,21H,1-3,6-7,9-12,14-16H2,(H,23,25)/t18-,21-/m0/s1. The molecule has 3 heteroatoms. The summed E-state index contributed by atoms with van der Waals surface area (Å²) in [6.07, 6.45) is 12.2. The van der Waals surface area contributed by atoms with Crippen molar-refractivity contribution in [2.45, 2.75) is 76.3 Å². The average molecular weight is 341 g/mol. The molecule has 136 valence electrons. The molecule has 3 nitrogen and oxygen atoms in total. The molecule has 0 bridgehead atoms. The Balaban J connectivity index is 1.40. The Hall–Kier alpha value is -1.35. The second-order valence-electron chi connectivity index (χ2n) is 8.28. The molecule has 1 amide bonds. The van der Waals surface area contributed by atoms with Gasteiger partial charge in [-0.3, -0.25) is 9.69 Å². The molecule has 3 aliphatic rings. The topological polar surface area (TPSA) is 32.3 Å². The van der Waals surface area contributed by atoms with Gasteiger partial charge in [0.15, 0.2) is 0 Å². The minimum absolute atomic E-state index is 0.185. The summed E-state index contributed by atoms with van der Waals surface area (Å²) in [7, 11) is 0. The van der Waals surface area contributed by atoms with E-state index in [1.54, 1.807) is 0 Å². The highest BCUT2D eigenvalue weighted by atomic mass is 16.2. The van der Waals surface area contributed by atoms with Crippen molar-refractivity contribution in [1.82, 2.24) is 10.2 Å². The maximum atomic E-state index is 12.8. The van der Waals surface area contributed by atoms with Gasteiger partial charge in [0.2, 0.25) is 5.91 Å². The minimum atomic E-state index is 0.185. The lowest BCUT2D eigenvalue weighted by molar-refractivity contribution is -0.128. The van der Waals surface area contributed by atoms with E-state index in [4.69, 9.17) is 0 Å². The SMILES string of the molecule is O=C(NC1CCCCC1)[C@H]1CCCN([C@H]2CCCc3ccccc32)C1. The Morgan fingerprint density at radius 1 is 0.960 bits per heavy atom. The maximum Gasteiger partial charge on any atom is 0.224 e. The molecule has 2 atom stereocenters. The van der Waals surface area contributed by atoms with E-state index in [9.17, 15) is 4.79 Å². The van der Waals surface area contributed by atoms with Crippen LogP contribution >= 0.6 is 0 Å². The number of carbonyl (C=O) groups is 1. The fourth-order valence-electron chi connectivity index (χ4n) is 5.18. The van der Waals surface area contributed by atoms with E-state index in [0.29, 0.717) is 18.0 Å². The third kappa shape index (κ3) is 3.92. The van der Waals surface area contributed by atoms with Crippen LogP contribution in [0, 0.1) is 5.92 Å². The normalized spacial score (nSPS) is 28.3. The van der Waals surface area contributed by atoms with Crippen molar-refractivity contribution in [3.05, 3.63) is 35.4 Å². The van der Waals surface area contributed by atoms with Crippen molar-refractivity contribution in [2.24, 2.45) is 5.92 Å². The van der Waals surface area contributed by atoms with E-state index in [1.807, 2.05) is 0 Å². The van der Waals surface area contributed by atoms with Crippen molar-refractivity contribution in [3.63, 3.8) is 0 Å². The maximum absolute atomic E-state index is 12.8. The van der Waals surface area contributed by atoms with E-state index >= 15 is 0 Å². The molecule has 0 unspecified atom stereocenters. The van der Waals surface area contributed by atoms with Gasteiger partial charge in [0.25, 0.3) is 0 Å². The lowest BCUT2D eigenvalue weighted by atomic mass is 9.85. The second-order valence-corrected chi connectivity index (χ2v) is 8.28. The number of carbonyl (C=O) groups excluding carboxylic acids is 1. The van der Waals surface area contributed by atoms with Crippen molar-refractivity contribution in [3.8, 4) is 0 Å². The monoisotopic (exact) mass is 340 g/mol. The first kappa shape index (κ1) is 17.1. The van der Waals surface area contributed by atoms with Crippen LogP contribution in [0.25, 0.3) is 0 Å². The fourth-order valence-corrected chi connectivity index (χ4v) is 5.18. The van der Waals surface area contributed by atoms with Crippen LogP contribution in [0.2, 0.25) is 0 Å². The summed E-state index contributed by atoms with van der Waals surface area (Å²) in [5.41, 5.74) is 3.04. The van der Waals surface area contributed by atoms with Crippen LogP contribution in [0.15, 0.2) is 24.3 Å². The zero-order valence-electron chi connectivity index (χ0n) is 15.4. The lowest BCUT2D eigenvalue weighted by Gasteiger charge is -2.40. The second kappa shape index (κ2) is 7.90. The van der Waals surface area contributed by atoms with Gasteiger partial charge in [0, 0.05) is 18.6 Å². The molecular weight excluding hydrogens is 308 g/mol. The molecule has 0 radical (unpaired) electrons. The first-order chi connectivity index (χ1) is 12.3. The van der Waals surface area contributed by atoms with Crippen LogP contribution < -0.4 is 5.32 Å². The molecule has 1 N–H and O–H groups in total.